The molecule has 0 aromatic rings. The van der Waals surface area contributed by atoms with Crippen molar-refractivity contribution < 1.29 is 9.59 Å². The number of carbonyl (C=O) groups excluding carboxylic acids is 2. The number of carbonyl (C=O) groups is 2. The Hall–Kier alpha value is -0.910. The maximum Gasteiger partial charge on any atom is 0.315 e. The lowest BCUT2D eigenvalue weighted by Crippen LogP contribution is -2.36. The molecule has 6 heteroatoms. The maximum absolute atomic E-state index is 12.2. The van der Waals surface area contributed by atoms with E-state index in [4.69, 9.17) is 0 Å². The molecule has 0 saturated carbocycles. The van der Waals surface area contributed by atoms with Gasteiger partial charge in [-0.1, -0.05) is 117 Å². The first-order valence-electron chi connectivity index (χ1n) is 15.6. The van der Waals surface area contributed by atoms with E-state index in [0.717, 1.165) is 31.4 Å². The Labute approximate surface area is 227 Å². The van der Waals surface area contributed by atoms with Crippen LogP contribution in [0.2, 0.25) is 0 Å². The number of rotatable bonds is 21. The van der Waals surface area contributed by atoms with Crippen molar-refractivity contribution in [3.63, 3.8) is 0 Å². The van der Waals surface area contributed by atoms with Crippen molar-refractivity contribution in [2.75, 3.05) is 5.75 Å². The van der Waals surface area contributed by atoms with Crippen molar-refractivity contribution in [2.45, 2.75) is 173 Å². The number of unbranched alkanes of at least 4 members (excludes halogenated alkanes) is 14. The second-order valence-electron chi connectivity index (χ2n) is 10.7. The van der Waals surface area contributed by atoms with Crippen LogP contribution >= 0.6 is 11.8 Å². The molecule has 212 valence electrons. The smallest absolute Gasteiger partial charge is 0.315 e. The summed E-state index contributed by atoms with van der Waals surface area (Å²) in [5.41, 5.74) is 0. The predicted molar refractivity (Wildman–Crippen MR) is 158 cm³/mol. The Kier molecular flexibility index (Phi) is 20.3. The van der Waals surface area contributed by atoms with Crippen LogP contribution < -0.4 is 16.0 Å². The molecule has 0 bridgehead atoms. The first-order valence-corrected chi connectivity index (χ1v) is 16.6. The fourth-order valence-corrected chi connectivity index (χ4v) is 6.88. The first kappa shape index (κ1) is 33.1. The number of urea groups is 1. The van der Waals surface area contributed by atoms with Crippen LogP contribution in [0.15, 0.2) is 0 Å². The zero-order valence-electron chi connectivity index (χ0n) is 24.2. The molecule has 0 aliphatic carbocycles. The minimum atomic E-state index is -0.0209. The summed E-state index contributed by atoms with van der Waals surface area (Å²) in [6, 6.07) is 0.834. The quantitative estimate of drug-likeness (QED) is 0.105. The summed E-state index contributed by atoms with van der Waals surface area (Å²) >= 11 is 1.95. The molecule has 2 rings (SSSR count). The predicted octanol–water partition coefficient (Wildman–Crippen LogP) is 8.11. The molecule has 2 heterocycles. The molecule has 2 aliphatic heterocycles. The van der Waals surface area contributed by atoms with Crippen LogP contribution in [0, 0.1) is 0 Å². The monoisotopic (exact) mass is 525 g/mol. The van der Waals surface area contributed by atoms with E-state index in [1.54, 1.807) is 0 Å². The lowest BCUT2D eigenvalue weighted by Gasteiger charge is -2.17. The largest absolute Gasteiger partial charge is 0.354 e. The Morgan fingerprint density at radius 3 is 2.00 bits per heavy atom. The van der Waals surface area contributed by atoms with Crippen molar-refractivity contribution in [3.8, 4) is 0 Å². The lowest BCUT2D eigenvalue weighted by atomic mass is 10.0. The Balaban J connectivity index is 0.00000316. The Morgan fingerprint density at radius 1 is 0.861 bits per heavy atom. The van der Waals surface area contributed by atoms with Gasteiger partial charge >= 0.3 is 6.03 Å². The highest BCUT2D eigenvalue weighted by Gasteiger charge is 2.42. The molecule has 0 aromatic carbocycles. The second-order valence-corrected chi connectivity index (χ2v) is 12.0. The van der Waals surface area contributed by atoms with Gasteiger partial charge in [0.15, 0.2) is 0 Å². The van der Waals surface area contributed by atoms with E-state index in [1.165, 1.54) is 89.9 Å². The molecule has 2 saturated heterocycles. The van der Waals surface area contributed by atoms with Gasteiger partial charge in [0.25, 0.3) is 0 Å². The van der Waals surface area contributed by atoms with Crippen molar-refractivity contribution in [1.82, 2.24) is 16.0 Å². The highest BCUT2D eigenvalue weighted by Crippen LogP contribution is 2.33. The number of nitrogens with one attached hydrogen (secondary N) is 3. The van der Waals surface area contributed by atoms with Gasteiger partial charge in [0.2, 0.25) is 5.91 Å². The van der Waals surface area contributed by atoms with Crippen molar-refractivity contribution in [3.05, 3.63) is 0 Å². The van der Waals surface area contributed by atoms with Crippen molar-refractivity contribution in [2.24, 2.45) is 0 Å². The average molecular weight is 526 g/mol. The van der Waals surface area contributed by atoms with Crippen LogP contribution in [-0.4, -0.2) is 41.1 Å². The van der Waals surface area contributed by atoms with Gasteiger partial charge in [-0.15, -0.1) is 0 Å². The van der Waals surface area contributed by atoms with Gasteiger partial charge in [0, 0.05) is 23.5 Å². The summed E-state index contributed by atoms with van der Waals surface area (Å²) in [4.78, 5) is 23.7. The number of thioether (sulfide) groups is 1. The lowest BCUT2D eigenvalue weighted by molar-refractivity contribution is -0.121. The van der Waals surface area contributed by atoms with Crippen LogP contribution in [-0.2, 0) is 4.79 Å². The summed E-state index contributed by atoms with van der Waals surface area (Å²) in [6.07, 6.45) is 24.2. The summed E-state index contributed by atoms with van der Waals surface area (Å²) in [6.45, 7) is 8.43. The van der Waals surface area contributed by atoms with Gasteiger partial charge < -0.3 is 16.0 Å². The van der Waals surface area contributed by atoms with Gasteiger partial charge in [-0.3, -0.25) is 4.79 Å². The molecular formula is C30H59N3O2S. The van der Waals surface area contributed by atoms with E-state index in [9.17, 15) is 9.59 Å². The van der Waals surface area contributed by atoms with Crippen LogP contribution in [0.1, 0.15) is 150 Å². The Morgan fingerprint density at radius 2 is 1.42 bits per heavy atom. The molecule has 0 radical (unpaired) electrons. The van der Waals surface area contributed by atoms with E-state index in [0.29, 0.717) is 17.7 Å². The average Bonchev–Trinajstić information content (AvgIpc) is 3.42. The van der Waals surface area contributed by atoms with Gasteiger partial charge in [-0.25, -0.2) is 4.79 Å². The van der Waals surface area contributed by atoms with Crippen LogP contribution in [0.3, 0.4) is 0 Å². The topological polar surface area (TPSA) is 70.2 Å². The number of fused-ring (bicyclic) bond motifs is 1. The molecule has 3 unspecified atom stereocenters. The van der Waals surface area contributed by atoms with Gasteiger partial charge in [-0.05, 0) is 26.2 Å². The molecule has 5 nitrogen and oxygen atoms in total. The zero-order valence-corrected chi connectivity index (χ0v) is 25.0. The van der Waals surface area contributed by atoms with Crippen molar-refractivity contribution in [1.29, 1.82) is 0 Å². The third-order valence-electron chi connectivity index (χ3n) is 7.48. The molecule has 3 amide bonds. The van der Waals surface area contributed by atoms with Crippen LogP contribution in [0.4, 0.5) is 4.79 Å². The fraction of sp³-hybridized carbons (Fsp3) is 0.933. The summed E-state index contributed by atoms with van der Waals surface area (Å²) in [7, 11) is 0. The van der Waals surface area contributed by atoms with Crippen LogP contribution in [0.25, 0.3) is 0 Å². The minimum Gasteiger partial charge on any atom is -0.354 e. The summed E-state index contributed by atoms with van der Waals surface area (Å²) < 4.78 is 0. The summed E-state index contributed by atoms with van der Waals surface area (Å²) in [5, 5.41) is 9.71. The van der Waals surface area contributed by atoms with E-state index in [-0.39, 0.29) is 24.0 Å². The summed E-state index contributed by atoms with van der Waals surface area (Å²) in [5.74, 6) is 1.20. The van der Waals surface area contributed by atoms with Gasteiger partial charge in [-0.2, -0.15) is 11.8 Å². The highest BCUT2D eigenvalue weighted by atomic mass is 32.2. The normalized spacial score (nSPS) is 21.2. The number of hydrogen-bond donors (Lipinski definition) is 3. The zero-order chi connectivity index (χ0) is 26.4. The standard InChI is InChI=1S/C28H53N3O2S.C2H6/c1-3-4-5-6-7-8-9-10-11-12-13-14-15-16-19-23(2)29-26(32)21-18-17-20-25-27-24(22-34-25)30-28(33)31-27;1-2/h23-25,27H,3-22H2,1-2H3,(H,29,32)(H2,30,31,33);1-2H3/t23?,24?,25?,27-;/m0./s1. The maximum atomic E-state index is 12.2. The van der Waals surface area contributed by atoms with Gasteiger partial charge in [0.05, 0.1) is 12.1 Å². The van der Waals surface area contributed by atoms with Gasteiger partial charge in [0.1, 0.15) is 0 Å². The van der Waals surface area contributed by atoms with Crippen LogP contribution in [0.5, 0.6) is 0 Å². The second kappa shape index (κ2) is 22.1. The Bertz CT molecular complexity index is 560. The molecule has 36 heavy (non-hydrogen) atoms. The highest BCUT2D eigenvalue weighted by molar-refractivity contribution is 8.00. The fourth-order valence-electron chi connectivity index (χ4n) is 5.34. The molecule has 2 fully saturated rings. The first-order chi connectivity index (χ1) is 17.6. The van der Waals surface area contributed by atoms with E-state index in [1.807, 2.05) is 25.6 Å². The molecule has 2 aliphatic rings. The minimum absolute atomic E-state index is 0.0209. The molecule has 0 spiro atoms. The SMILES string of the molecule is CC.CCCCCCCCCCCCCCCCC(C)NC(=O)CCCCC1SCC2NC(=O)N[C@@H]21. The van der Waals surface area contributed by atoms with Crippen molar-refractivity contribution >= 4 is 23.7 Å². The van der Waals surface area contributed by atoms with E-state index >= 15 is 0 Å². The molecule has 4 atom stereocenters. The number of hydrogen-bond acceptors (Lipinski definition) is 3. The third kappa shape index (κ3) is 15.4. The molecule has 3 N–H and O–H groups in total. The number of amides is 3. The van der Waals surface area contributed by atoms with E-state index < -0.39 is 0 Å². The van der Waals surface area contributed by atoms with E-state index in [2.05, 4.69) is 29.8 Å². The molecule has 0 aromatic heterocycles. The third-order valence-corrected chi connectivity index (χ3v) is 8.99. The molecular weight excluding hydrogens is 466 g/mol.